The lowest BCUT2D eigenvalue weighted by Crippen LogP contribution is -2.32. The van der Waals surface area contributed by atoms with Gasteiger partial charge in [0.2, 0.25) is 0 Å². The molecule has 4 heteroatoms. The van der Waals surface area contributed by atoms with Gasteiger partial charge in [-0.1, -0.05) is 33.1 Å². The lowest BCUT2D eigenvalue weighted by molar-refractivity contribution is 0.206. The Hall–Kier alpha value is -0.900. The Balaban J connectivity index is 2.05. The van der Waals surface area contributed by atoms with Crippen LogP contribution in [-0.4, -0.2) is 21.7 Å². The van der Waals surface area contributed by atoms with Crippen molar-refractivity contribution in [2.75, 3.05) is 6.54 Å². The molecule has 3 unspecified atom stereocenters. The topological polar surface area (TPSA) is 53.6 Å². The van der Waals surface area contributed by atoms with E-state index in [0.29, 0.717) is 12.0 Å². The molecule has 3 atom stereocenters. The van der Waals surface area contributed by atoms with Crippen molar-refractivity contribution >= 4 is 0 Å². The third-order valence-electron chi connectivity index (χ3n) is 4.02. The summed E-state index contributed by atoms with van der Waals surface area (Å²) in [5.41, 5.74) is 0. The Labute approximate surface area is 104 Å². The molecule has 0 radical (unpaired) electrons. The van der Waals surface area contributed by atoms with E-state index in [2.05, 4.69) is 34.3 Å². The average Bonchev–Trinajstić information content (AvgIpc) is 2.89. The van der Waals surface area contributed by atoms with Crippen LogP contribution in [0.5, 0.6) is 0 Å². The summed E-state index contributed by atoms with van der Waals surface area (Å²) in [5, 5.41) is 10.6. The molecule has 17 heavy (non-hydrogen) atoms. The second-order valence-electron chi connectivity index (χ2n) is 5.11. The minimum Gasteiger partial charge on any atom is -0.307 e. The van der Waals surface area contributed by atoms with Gasteiger partial charge in [-0.3, -0.25) is 5.10 Å². The first-order chi connectivity index (χ1) is 8.35. The molecule has 1 saturated carbocycles. The lowest BCUT2D eigenvalue weighted by atomic mass is 9.76. The molecule has 0 aromatic carbocycles. The largest absolute Gasteiger partial charge is 0.307 e. The number of rotatable bonds is 5. The zero-order chi connectivity index (χ0) is 12.1. The monoisotopic (exact) mass is 236 g/mol. The predicted molar refractivity (Wildman–Crippen MR) is 68.5 cm³/mol. The van der Waals surface area contributed by atoms with Crippen molar-refractivity contribution in [3.05, 3.63) is 12.2 Å². The fourth-order valence-electron chi connectivity index (χ4n) is 3.08. The Kier molecular flexibility index (Phi) is 4.54. The average molecular weight is 236 g/mol. The van der Waals surface area contributed by atoms with Gasteiger partial charge in [0.25, 0.3) is 0 Å². The minimum absolute atomic E-state index is 0.358. The van der Waals surface area contributed by atoms with E-state index < -0.39 is 0 Å². The summed E-state index contributed by atoms with van der Waals surface area (Å²) in [6, 6.07) is 0.358. The summed E-state index contributed by atoms with van der Waals surface area (Å²) < 4.78 is 0. The molecule has 1 aromatic heterocycles. The molecule has 1 heterocycles. The number of H-pyrrole nitrogens is 1. The molecule has 0 aliphatic heterocycles. The molecule has 0 amide bonds. The quantitative estimate of drug-likeness (QED) is 0.826. The van der Waals surface area contributed by atoms with Gasteiger partial charge in [0.15, 0.2) is 0 Å². The van der Waals surface area contributed by atoms with E-state index in [1.807, 2.05) is 0 Å². The molecule has 2 N–H and O–H groups in total. The van der Waals surface area contributed by atoms with E-state index >= 15 is 0 Å². The standard InChI is InChI=1S/C13H24N4/c1-3-10-6-5-7-11(8-10)12(14-4-2)13-15-9-16-17-13/h9-12,14H,3-8H2,1-2H3,(H,15,16,17). The summed E-state index contributed by atoms with van der Waals surface area (Å²) in [6.07, 6.45) is 8.33. The number of nitrogens with zero attached hydrogens (tertiary/aromatic N) is 2. The van der Waals surface area contributed by atoms with E-state index in [1.165, 1.54) is 32.1 Å². The molecule has 0 bridgehead atoms. The molecule has 0 spiro atoms. The summed E-state index contributed by atoms with van der Waals surface area (Å²) in [6.45, 7) is 5.45. The molecule has 1 fully saturated rings. The van der Waals surface area contributed by atoms with Crippen LogP contribution in [0.1, 0.15) is 57.8 Å². The number of hydrogen-bond acceptors (Lipinski definition) is 3. The Bertz CT molecular complexity index is 309. The molecule has 4 nitrogen and oxygen atoms in total. The van der Waals surface area contributed by atoms with Crippen molar-refractivity contribution in [3.8, 4) is 0 Å². The molecular formula is C13H24N4. The first-order valence-corrected chi connectivity index (χ1v) is 6.93. The first-order valence-electron chi connectivity index (χ1n) is 6.93. The van der Waals surface area contributed by atoms with Gasteiger partial charge in [-0.2, -0.15) is 5.10 Å². The maximum atomic E-state index is 4.33. The lowest BCUT2D eigenvalue weighted by Gasteiger charge is -2.33. The zero-order valence-corrected chi connectivity index (χ0v) is 10.9. The van der Waals surface area contributed by atoms with Gasteiger partial charge in [-0.15, -0.1) is 0 Å². The van der Waals surface area contributed by atoms with Crippen LogP contribution < -0.4 is 5.32 Å². The highest BCUT2D eigenvalue weighted by atomic mass is 15.2. The van der Waals surface area contributed by atoms with Crippen LogP contribution in [0.2, 0.25) is 0 Å². The van der Waals surface area contributed by atoms with Crippen LogP contribution in [0.4, 0.5) is 0 Å². The zero-order valence-electron chi connectivity index (χ0n) is 10.9. The molecule has 2 rings (SSSR count). The van der Waals surface area contributed by atoms with Crippen molar-refractivity contribution in [2.24, 2.45) is 11.8 Å². The van der Waals surface area contributed by atoms with Crippen LogP contribution in [0, 0.1) is 11.8 Å². The highest BCUT2D eigenvalue weighted by molar-refractivity contribution is 4.96. The third-order valence-corrected chi connectivity index (χ3v) is 4.02. The summed E-state index contributed by atoms with van der Waals surface area (Å²) in [5.74, 6) is 2.62. The van der Waals surface area contributed by atoms with Crippen LogP contribution in [0.25, 0.3) is 0 Å². The minimum atomic E-state index is 0.358. The van der Waals surface area contributed by atoms with Gasteiger partial charge in [-0.05, 0) is 31.2 Å². The molecule has 0 saturated heterocycles. The first kappa shape index (κ1) is 12.6. The third kappa shape index (κ3) is 3.06. The normalized spacial score (nSPS) is 26.9. The highest BCUT2D eigenvalue weighted by Gasteiger charge is 2.29. The van der Waals surface area contributed by atoms with Crippen LogP contribution in [-0.2, 0) is 0 Å². The van der Waals surface area contributed by atoms with E-state index in [1.54, 1.807) is 6.33 Å². The number of aromatic nitrogens is 3. The Morgan fingerprint density at radius 2 is 2.35 bits per heavy atom. The van der Waals surface area contributed by atoms with E-state index in [-0.39, 0.29) is 0 Å². The van der Waals surface area contributed by atoms with E-state index in [9.17, 15) is 0 Å². The maximum absolute atomic E-state index is 4.33. The maximum Gasteiger partial charge on any atom is 0.141 e. The molecule has 1 aliphatic rings. The van der Waals surface area contributed by atoms with Gasteiger partial charge in [0, 0.05) is 0 Å². The molecule has 1 aromatic rings. The predicted octanol–water partition coefficient (Wildman–Crippen LogP) is 2.67. The molecule has 1 aliphatic carbocycles. The van der Waals surface area contributed by atoms with Crippen molar-refractivity contribution in [3.63, 3.8) is 0 Å². The summed E-state index contributed by atoms with van der Waals surface area (Å²) in [4.78, 5) is 4.33. The number of aromatic amines is 1. The summed E-state index contributed by atoms with van der Waals surface area (Å²) in [7, 11) is 0. The van der Waals surface area contributed by atoms with Crippen LogP contribution in [0.3, 0.4) is 0 Å². The summed E-state index contributed by atoms with van der Waals surface area (Å²) >= 11 is 0. The fraction of sp³-hybridized carbons (Fsp3) is 0.846. The van der Waals surface area contributed by atoms with E-state index in [0.717, 1.165) is 18.3 Å². The van der Waals surface area contributed by atoms with Crippen LogP contribution >= 0.6 is 0 Å². The van der Waals surface area contributed by atoms with E-state index in [4.69, 9.17) is 0 Å². The van der Waals surface area contributed by atoms with Gasteiger partial charge in [-0.25, -0.2) is 4.98 Å². The SMILES string of the molecule is CCNC(c1ncn[nH]1)C1CCCC(CC)C1. The van der Waals surface area contributed by atoms with Crippen LogP contribution in [0.15, 0.2) is 6.33 Å². The number of nitrogens with one attached hydrogen (secondary N) is 2. The van der Waals surface area contributed by atoms with Gasteiger partial charge < -0.3 is 5.32 Å². The van der Waals surface area contributed by atoms with Gasteiger partial charge >= 0.3 is 0 Å². The smallest absolute Gasteiger partial charge is 0.141 e. The Morgan fingerprint density at radius 1 is 1.47 bits per heavy atom. The second kappa shape index (κ2) is 6.15. The van der Waals surface area contributed by atoms with Crippen molar-refractivity contribution in [1.29, 1.82) is 0 Å². The number of hydrogen-bond donors (Lipinski definition) is 2. The fourth-order valence-corrected chi connectivity index (χ4v) is 3.08. The molecular weight excluding hydrogens is 212 g/mol. The van der Waals surface area contributed by atoms with Crippen molar-refractivity contribution in [2.45, 2.75) is 52.0 Å². The second-order valence-corrected chi connectivity index (χ2v) is 5.11. The van der Waals surface area contributed by atoms with Crippen molar-refractivity contribution < 1.29 is 0 Å². The van der Waals surface area contributed by atoms with Gasteiger partial charge in [0.05, 0.1) is 6.04 Å². The Morgan fingerprint density at radius 3 is 3.00 bits per heavy atom. The van der Waals surface area contributed by atoms with Gasteiger partial charge in [0.1, 0.15) is 12.2 Å². The molecule has 96 valence electrons. The van der Waals surface area contributed by atoms with Crippen molar-refractivity contribution in [1.82, 2.24) is 20.5 Å². The highest BCUT2D eigenvalue weighted by Crippen LogP contribution is 2.37.